The van der Waals surface area contributed by atoms with E-state index < -0.39 is 17.6 Å². The standard InChI is InChI=1S/C21H16F2N4O3/c22-14-8-15(23)10-17(9-14)27-12-13(7-19(27)28)20(29)26-16-3-1-4-18(11-16)30-21-24-5-2-6-25-21/h1-6,8-11,13H,7,12H2,(H,26,29)/t13-/m1/s1. The van der Waals surface area contributed by atoms with Crippen LogP contribution >= 0.6 is 0 Å². The Morgan fingerprint density at radius 3 is 2.53 bits per heavy atom. The van der Waals surface area contributed by atoms with Crippen molar-refractivity contribution in [3.8, 4) is 11.8 Å². The second-order valence-electron chi connectivity index (χ2n) is 6.68. The van der Waals surface area contributed by atoms with Crippen LogP contribution in [0.15, 0.2) is 60.9 Å². The van der Waals surface area contributed by atoms with Gasteiger partial charge in [0.1, 0.15) is 17.4 Å². The fourth-order valence-electron chi connectivity index (χ4n) is 3.15. The third-order valence-electron chi connectivity index (χ3n) is 4.51. The maximum atomic E-state index is 13.5. The lowest BCUT2D eigenvalue weighted by molar-refractivity contribution is -0.122. The highest BCUT2D eigenvalue weighted by Gasteiger charge is 2.35. The maximum absolute atomic E-state index is 13.5. The Labute approximate surface area is 170 Å². The average molecular weight is 410 g/mol. The number of ether oxygens (including phenoxy) is 1. The molecular weight excluding hydrogens is 394 g/mol. The Hall–Kier alpha value is -3.88. The van der Waals surface area contributed by atoms with E-state index in [9.17, 15) is 18.4 Å². The number of benzene rings is 2. The molecule has 1 atom stereocenters. The third kappa shape index (κ3) is 4.40. The molecule has 30 heavy (non-hydrogen) atoms. The second kappa shape index (κ2) is 8.24. The van der Waals surface area contributed by atoms with Crippen LogP contribution in [0, 0.1) is 17.6 Å². The number of hydrogen-bond acceptors (Lipinski definition) is 5. The molecule has 0 spiro atoms. The number of carbonyl (C=O) groups is 2. The van der Waals surface area contributed by atoms with E-state index in [1.165, 1.54) is 4.90 Å². The first-order chi connectivity index (χ1) is 14.5. The van der Waals surface area contributed by atoms with Crippen LogP contribution in [0.4, 0.5) is 20.2 Å². The van der Waals surface area contributed by atoms with Gasteiger partial charge in [0.2, 0.25) is 11.8 Å². The highest BCUT2D eigenvalue weighted by molar-refractivity contribution is 6.03. The molecule has 2 amide bonds. The molecule has 7 nitrogen and oxygen atoms in total. The van der Waals surface area contributed by atoms with E-state index in [1.54, 1.807) is 42.7 Å². The molecule has 1 saturated heterocycles. The van der Waals surface area contributed by atoms with Gasteiger partial charge in [-0.05, 0) is 30.3 Å². The van der Waals surface area contributed by atoms with Gasteiger partial charge in [-0.2, -0.15) is 0 Å². The molecule has 1 aromatic heterocycles. The molecule has 152 valence electrons. The fraction of sp³-hybridized carbons (Fsp3) is 0.143. The average Bonchev–Trinajstić information content (AvgIpc) is 3.10. The van der Waals surface area contributed by atoms with Crippen molar-refractivity contribution < 1.29 is 23.1 Å². The first kappa shape index (κ1) is 19.4. The number of anilines is 2. The summed E-state index contributed by atoms with van der Waals surface area (Å²) in [6.45, 7) is 0.0294. The van der Waals surface area contributed by atoms with E-state index >= 15 is 0 Å². The van der Waals surface area contributed by atoms with Crippen LogP contribution in [0.2, 0.25) is 0 Å². The van der Waals surface area contributed by atoms with Gasteiger partial charge >= 0.3 is 6.01 Å². The van der Waals surface area contributed by atoms with Crippen LogP contribution in [-0.2, 0) is 9.59 Å². The van der Waals surface area contributed by atoms with E-state index in [2.05, 4.69) is 15.3 Å². The molecule has 0 saturated carbocycles. The molecule has 1 aliphatic heterocycles. The molecule has 3 aromatic rings. The van der Waals surface area contributed by atoms with Crippen molar-refractivity contribution in [2.24, 2.45) is 5.92 Å². The maximum Gasteiger partial charge on any atom is 0.321 e. The van der Waals surface area contributed by atoms with Crippen LogP contribution < -0.4 is 15.0 Å². The van der Waals surface area contributed by atoms with Gasteiger partial charge < -0.3 is 15.0 Å². The quantitative estimate of drug-likeness (QED) is 0.696. The monoisotopic (exact) mass is 410 g/mol. The van der Waals surface area contributed by atoms with Gasteiger partial charge in [-0.3, -0.25) is 9.59 Å². The molecule has 0 aliphatic carbocycles. The van der Waals surface area contributed by atoms with Gasteiger partial charge in [0, 0.05) is 48.9 Å². The van der Waals surface area contributed by atoms with E-state index in [4.69, 9.17) is 4.74 Å². The van der Waals surface area contributed by atoms with Crippen LogP contribution in [0.3, 0.4) is 0 Å². The Kier molecular flexibility index (Phi) is 5.34. The van der Waals surface area contributed by atoms with Crippen LogP contribution in [0.25, 0.3) is 0 Å². The van der Waals surface area contributed by atoms with Crippen molar-refractivity contribution in [3.05, 3.63) is 72.6 Å². The summed E-state index contributed by atoms with van der Waals surface area (Å²) in [4.78, 5) is 34.1. The molecule has 2 aromatic carbocycles. The number of rotatable bonds is 5. The fourth-order valence-corrected chi connectivity index (χ4v) is 3.15. The zero-order chi connectivity index (χ0) is 21.1. The summed E-state index contributed by atoms with van der Waals surface area (Å²) >= 11 is 0. The van der Waals surface area contributed by atoms with Crippen LogP contribution in [0.1, 0.15) is 6.42 Å². The number of nitrogens with zero attached hydrogens (tertiary/aromatic N) is 3. The largest absolute Gasteiger partial charge is 0.424 e. The Morgan fingerprint density at radius 1 is 1.07 bits per heavy atom. The lowest BCUT2D eigenvalue weighted by Crippen LogP contribution is -2.28. The van der Waals surface area contributed by atoms with Gasteiger partial charge in [0.05, 0.1) is 5.92 Å². The highest BCUT2D eigenvalue weighted by atomic mass is 19.1. The van der Waals surface area contributed by atoms with Gasteiger partial charge in [0.15, 0.2) is 0 Å². The van der Waals surface area contributed by atoms with Crippen LogP contribution in [-0.4, -0.2) is 28.3 Å². The van der Waals surface area contributed by atoms with E-state index in [0.717, 1.165) is 18.2 Å². The predicted octanol–water partition coefficient (Wildman–Crippen LogP) is 3.54. The van der Waals surface area contributed by atoms with Gasteiger partial charge in [0.25, 0.3) is 0 Å². The molecule has 0 radical (unpaired) electrons. The lowest BCUT2D eigenvalue weighted by Gasteiger charge is -2.17. The number of hydrogen-bond donors (Lipinski definition) is 1. The van der Waals surface area contributed by atoms with Crippen molar-refractivity contribution in [1.82, 2.24) is 9.97 Å². The zero-order valence-corrected chi connectivity index (χ0v) is 15.6. The van der Waals surface area contributed by atoms with Crippen molar-refractivity contribution in [3.63, 3.8) is 0 Å². The smallest absolute Gasteiger partial charge is 0.321 e. The van der Waals surface area contributed by atoms with Crippen molar-refractivity contribution >= 4 is 23.2 Å². The first-order valence-corrected chi connectivity index (χ1v) is 9.10. The molecule has 2 heterocycles. The number of aromatic nitrogens is 2. The minimum Gasteiger partial charge on any atom is -0.424 e. The summed E-state index contributed by atoms with van der Waals surface area (Å²) in [5.74, 6) is -2.56. The van der Waals surface area contributed by atoms with E-state index in [1.807, 2.05) is 0 Å². The Bertz CT molecular complexity index is 1070. The number of halogens is 2. The Balaban J connectivity index is 1.43. The first-order valence-electron chi connectivity index (χ1n) is 9.10. The topological polar surface area (TPSA) is 84.4 Å². The molecule has 0 bridgehead atoms. The number of amides is 2. The van der Waals surface area contributed by atoms with Gasteiger partial charge in [-0.25, -0.2) is 18.7 Å². The minimum atomic E-state index is -0.787. The molecule has 1 fully saturated rings. The SMILES string of the molecule is O=C(Nc1cccc(Oc2ncccn2)c1)[C@@H]1CC(=O)N(c2cc(F)cc(F)c2)C1. The summed E-state index contributed by atoms with van der Waals surface area (Å²) in [5, 5.41) is 2.74. The molecule has 9 heteroatoms. The predicted molar refractivity (Wildman–Crippen MR) is 104 cm³/mol. The summed E-state index contributed by atoms with van der Waals surface area (Å²) < 4.78 is 32.5. The minimum absolute atomic E-state index is 0.0294. The summed E-state index contributed by atoms with van der Waals surface area (Å²) in [6, 6.07) is 11.3. The van der Waals surface area contributed by atoms with Crippen molar-refractivity contribution in [1.29, 1.82) is 0 Å². The molecule has 0 unspecified atom stereocenters. The molecular formula is C21H16F2N4O3. The number of carbonyl (C=O) groups excluding carboxylic acids is 2. The van der Waals surface area contributed by atoms with E-state index in [-0.39, 0.29) is 36.5 Å². The Morgan fingerprint density at radius 2 is 1.80 bits per heavy atom. The third-order valence-corrected chi connectivity index (χ3v) is 4.51. The normalized spacial score (nSPS) is 15.9. The van der Waals surface area contributed by atoms with Crippen molar-refractivity contribution in [2.45, 2.75) is 6.42 Å². The van der Waals surface area contributed by atoms with Crippen molar-refractivity contribution in [2.75, 3.05) is 16.8 Å². The van der Waals surface area contributed by atoms with Gasteiger partial charge in [-0.1, -0.05) is 6.07 Å². The second-order valence-corrected chi connectivity index (χ2v) is 6.68. The summed E-state index contributed by atoms with van der Waals surface area (Å²) in [7, 11) is 0. The lowest BCUT2D eigenvalue weighted by atomic mass is 10.1. The molecule has 4 rings (SSSR count). The van der Waals surface area contributed by atoms with Gasteiger partial charge in [-0.15, -0.1) is 0 Å². The number of nitrogens with one attached hydrogen (secondary N) is 1. The molecule has 1 N–H and O–H groups in total. The van der Waals surface area contributed by atoms with E-state index in [0.29, 0.717) is 11.4 Å². The molecule has 1 aliphatic rings. The highest BCUT2D eigenvalue weighted by Crippen LogP contribution is 2.28. The summed E-state index contributed by atoms with van der Waals surface area (Å²) in [5.41, 5.74) is 0.558. The van der Waals surface area contributed by atoms with Crippen LogP contribution in [0.5, 0.6) is 11.8 Å². The zero-order valence-electron chi connectivity index (χ0n) is 15.6. The summed E-state index contributed by atoms with van der Waals surface area (Å²) in [6.07, 6.45) is 3.03.